The molecular weight excluding hydrogens is 522 g/mol. The highest BCUT2D eigenvalue weighted by Crippen LogP contribution is 2.18. The molecule has 2 aromatic rings. The minimum Gasteiger partial charge on any atom is -0.489 e. The van der Waals surface area contributed by atoms with Gasteiger partial charge in [0.05, 0.1) is 6.61 Å². The summed E-state index contributed by atoms with van der Waals surface area (Å²) in [4.78, 5) is 4.20. The van der Waals surface area contributed by atoms with Crippen molar-refractivity contribution in [3.05, 3.63) is 77.9 Å². The minimum absolute atomic E-state index is 0. The third-order valence-electron chi connectivity index (χ3n) is 4.02. The molecule has 0 saturated heterocycles. The summed E-state index contributed by atoms with van der Waals surface area (Å²) in [6.07, 6.45) is -2.62. The Morgan fingerprint density at radius 1 is 1.03 bits per heavy atom. The van der Waals surface area contributed by atoms with Crippen LogP contribution in [-0.4, -0.2) is 32.4 Å². The summed E-state index contributed by atoms with van der Waals surface area (Å²) in [6, 6.07) is 14.9. The molecule has 2 rings (SSSR count). The van der Waals surface area contributed by atoms with Crippen LogP contribution in [0, 0.1) is 0 Å². The van der Waals surface area contributed by atoms with Gasteiger partial charge in [-0.05, 0) is 17.2 Å². The van der Waals surface area contributed by atoms with E-state index in [9.17, 15) is 13.2 Å². The molecule has 0 aliphatic carbocycles. The van der Waals surface area contributed by atoms with Crippen molar-refractivity contribution in [3.8, 4) is 5.75 Å². The van der Waals surface area contributed by atoms with Crippen LogP contribution in [0.25, 0.3) is 0 Å². The van der Waals surface area contributed by atoms with Crippen molar-refractivity contribution in [1.82, 2.24) is 10.6 Å². The molecule has 0 aliphatic heterocycles. The molecule has 0 radical (unpaired) electrons. The summed E-state index contributed by atoms with van der Waals surface area (Å²) in [5.74, 6) is 1.40. The van der Waals surface area contributed by atoms with E-state index >= 15 is 0 Å². The predicted octanol–water partition coefficient (Wildman–Crippen LogP) is 4.81. The average molecular weight is 549 g/mol. The Hall–Kier alpha value is -2.27. The summed E-state index contributed by atoms with van der Waals surface area (Å²) in [6.45, 7) is 3.80. The van der Waals surface area contributed by atoms with Gasteiger partial charge in [0.25, 0.3) is 0 Å². The first-order chi connectivity index (χ1) is 14.4. The zero-order chi connectivity index (χ0) is 21.8. The van der Waals surface area contributed by atoms with E-state index in [1.165, 1.54) is 0 Å². The largest absolute Gasteiger partial charge is 0.489 e. The summed E-state index contributed by atoms with van der Waals surface area (Å²) in [7, 11) is 1.68. The maximum Gasteiger partial charge on any atom is 0.411 e. The second kappa shape index (κ2) is 13.9. The van der Waals surface area contributed by atoms with Gasteiger partial charge >= 0.3 is 6.18 Å². The molecule has 0 amide bonds. The van der Waals surface area contributed by atoms with E-state index in [0.29, 0.717) is 31.2 Å². The average Bonchev–Trinajstić information content (AvgIpc) is 2.73. The number of ether oxygens (including phenoxy) is 2. The van der Waals surface area contributed by atoms with E-state index < -0.39 is 12.8 Å². The molecule has 170 valence electrons. The fourth-order valence-corrected chi connectivity index (χ4v) is 2.56. The van der Waals surface area contributed by atoms with Gasteiger partial charge in [-0.2, -0.15) is 13.2 Å². The van der Waals surface area contributed by atoms with E-state index in [2.05, 4.69) is 26.9 Å². The highest BCUT2D eigenvalue weighted by atomic mass is 127. The van der Waals surface area contributed by atoms with Crippen molar-refractivity contribution in [1.29, 1.82) is 0 Å². The van der Waals surface area contributed by atoms with Gasteiger partial charge in [0.15, 0.2) is 5.96 Å². The van der Waals surface area contributed by atoms with Crippen LogP contribution in [0.5, 0.6) is 5.75 Å². The molecule has 31 heavy (non-hydrogen) atoms. The van der Waals surface area contributed by atoms with Crippen LogP contribution in [-0.2, 0) is 24.4 Å². The van der Waals surface area contributed by atoms with Gasteiger partial charge in [-0.1, -0.05) is 55.1 Å². The van der Waals surface area contributed by atoms with Crippen LogP contribution in [0.1, 0.15) is 16.7 Å². The minimum atomic E-state index is -4.31. The maximum atomic E-state index is 12.1. The van der Waals surface area contributed by atoms with E-state index in [1.807, 2.05) is 36.4 Å². The molecule has 0 atom stereocenters. The molecule has 0 heterocycles. The zero-order valence-corrected chi connectivity index (χ0v) is 19.6. The molecule has 0 bridgehead atoms. The standard InChI is InChI=1S/C22H26F3N3O2.HI/c1-3-12-30-20-7-5-4-6-19(20)14-28-21(26-2)27-13-17-8-10-18(11-9-17)15-29-16-22(23,24)25;/h3-11H,1,12-16H2,2H3,(H2,26,27,28);1H. The van der Waals surface area contributed by atoms with Crippen LogP contribution < -0.4 is 15.4 Å². The van der Waals surface area contributed by atoms with Crippen LogP contribution in [0.15, 0.2) is 66.2 Å². The maximum absolute atomic E-state index is 12.1. The topological polar surface area (TPSA) is 54.9 Å². The number of alkyl halides is 3. The summed E-state index contributed by atoms with van der Waals surface area (Å²) < 4.78 is 46.7. The third kappa shape index (κ3) is 10.5. The number of rotatable bonds is 10. The van der Waals surface area contributed by atoms with Gasteiger partial charge in [-0.3, -0.25) is 4.99 Å². The lowest BCUT2D eigenvalue weighted by Crippen LogP contribution is -2.36. The number of hydrogen-bond acceptors (Lipinski definition) is 3. The Balaban J connectivity index is 0.00000480. The molecule has 5 nitrogen and oxygen atoms in total. The Bertz CT molecular complexity index is 827. The number of aliphatic imine (C=N–C) groups is 1. The highest BCUT2D eigenvalue weighted by Gasteiger charge is 2.27. The van der Waals surface area contributed by atoms with Gasteiger partial charge < -0.3 is 20.1 Å². The Kier molecular flexibility index (Phi) is 12.0. The first kappa shape index (κ1) is 26.8. The molecule has 0 aromatic heterocycles. The molecule has 0 spiro atoms. The Morgan fingerprint density at radius 3 is 2.32 bits per heavy atom. The molecule has 2 N–H and O–H groups in total. The number of nitrogens with zero attached hydrogens (tertiary/aromatic N) is 1. The van der Waals surface area contributed by atoms with Gasteiger partial charge in [0.1, 0.15) is 19.0 Å². The van der Waals surface area contributed by atoms with Crippen molar-refractivity contribution >= 4 is 29.9 Å². The van der Waals surface area contributed by atoms with Crippen LogP contribution in [0.3, 0.4) is 0 Å². The van der Waals surface area contributed by atoms with Gasteiger partial charge in [-0.25, -0.2) is 0 Å². The molecule has 0 unspecified atom stereocenters. The third-order valence-corrected chi connectivity index (χ3v) is 4.02. The molecule has 0 aliphatic rings. The van der Waals surface area contributed by atoms with E-state index in [0.717, 1.165) is 16.9 Å². The van der Waals surface area contributed by atoms with Crippen molar-refractivity contribution < 1.29 is 22.6 Å². The number of benzene rings is 2. The van der Waals surface area contributed by atoms with Crippen molar-refractivity contribution in [2.24, 2.45) is 4.99 Å². The number of halogens is 4. The zero-order valence-electron chi connectivity index (χ0n) is 17.2. The monoisotopic (exact) mass is 549 g/mol. The second-order valence-electron chi connectivity index (χ2n) is 6.41. The van der Waals surface area contributed by atoms with Crippen molar-refractivity contribution in [2.75, 3.05) is 20.3 Å². The number of nitrogens with one attached hydrogen (secondary N) is 2. The van der Waals surface area contributed by atoms with Gasteiger partial charge in [-0.15, -0.1) is 24.0 Å². The first-order valence-electron chi connectivity index (χ1n) is 9.39. The fourth-order valence-electron chi connectivity index (χ4n) is 2.56. The van der Waals surface area contributed by atoms with Gasteiger partial charge in [0, 0.05) is 25.7 Å². The fraction of sp³-hybridized carbons (Fsp3) is 0.318. The van der Waals surface area contributed by atoms with E-state index in [1.54, 1.807) is 25.3 Å². The molecule has 0 saturated carbocycles. The predicted molar refractivity (Wildman–Crippen MR) is 127 cm³/mol. The Morgan fingerprint density at radius 2 is 1.68 bits per heavy atom. The SMILES string of the molecule is C=CCOc1ccccc1CNC(=NC)NCc1ccc(COCC(F)(F)F)cc1.I. The summed E-state index contributed by atoms with van der Waals surface area (Å²) >= 11 is 0. The lowest BCUT2D eigenvalue weighted by atomic mass is 10.1. The lowest BCUT2D eigenvalue weighted by molar-refractivity contribution is -0.176. The normalized spacial score (nSPS) is 11.4. The molecule has 0 fully saturated rings. The molecule has 2 aromatic carbocycles. The van der Waals surface area contributed by atoms with Crippen molar-refractivity contribution in [3.63, 3.8) is 0 Å². The number of guanidine groups is 1. The summed E-state index contributed by atoms with van der Waals surface area (Å²) in [5.41, 5.74) is 2.64. The van der Waals surface area contributed by atoms with E-state index in [-0.39, 0.29) is 30.6 Å². The van der Waals surface area contributed by atoms with Crippen LogP contribution >= 0.6 is 24.0 Å². The Labute approximate surface area is 197 Å². The first-order valence-corrected chi connectivity index (χ1v) is 9.39. The van der Waals surface area contributed by atoms with Crippen LogP contribution in [0.4, 0.5) is 13.2 Å². The number of hydrogen-bond donors (Lipinski definition) is 2. The van der Waals surface area contributed by atoms with Gasteiger partial charge in [0.2, 0.25) is 0 Å². The number of para-hydroxylation sites is 1. The second-order valence-corrected chi connectivity index (χ2v) is 6.41. The summed E-state index contributed by atoms with van der Waals surface area (Å²) in [5, 5.41) is 6.44. The highest BCUT2D eigenvalue weighted by molar-refractivity contribution is 14.0. The van der Waals surface area contributed by atoms with Crippen molar-refractivity contribution in [2.45, 2.75) is 25.9 Å². The van der Waals surface area contributed by atoms with E-state index in [4.69, 9.17) is 4.74 Å². The smallest absolute Gasteiger partial charge is 0.411 e. The lowest BCUT2D eigenvalue weighted by Gasteiger charge is -2.14. The van der Waals surface area contributed by atoms with Crippen LogP contribution in [0.2, 0.25) is 0 Å². The molecular formula is C22H27F3IN3O2. The molecule has 9 heteroatoms. The quantitative estimate of drug-likeness (QED) is 0.193.